The molecule has 1 saturated heterocycles. The van der Waals surface area contributed by atoms with Gasteiger partial charge in [0.2, 0.25) is 0 Å². The lowest BCUT2D eigenvalue weighted by atomic mass is 10.3. The highest BCUT2D eigenvalue weighted by Crippen LogP contribution is 2.23. The molecule has 0 aromatic carbocycles. The molecule has 1 aromatic heterocycles. The van der Waals surface area contributed by atoms with E-state index in [-0.39, 0.29) is 0 Å². The summed E-state index contributed by atoms with van der Waals surface area (Å²) in [6.45, 7) is 2.03. The first-order valence-electron chi connectivity index (χ1n) is 4.11. The van der Waals surface area contributed by atoms with Crippen molar-refractivity contribution >= 4 is 28.2 Å². The lowest BCUT2D eigenvalue weighted by Gasteiger charge is -2.08. The Hall–Kier alpha value is -0.220. The zero-order valence-electron chi connectivity index (χ0n) is 7.04. The number of hydrogen-bond acceptors (Lipinski definition) is 4. The van der Waals surface area contributed by atoms with Gasteiger partial charge >= 0.3 is 0 Å². The van der Waals surface area contributed by atoms with E-state index in [0.717, 1.165) is 10.8 Å². The SMILES string of the molecule is Cc1csc(NC2CCSC2)n1. The van der Waals surface area contributed by atoms with Gasteiger partial charge in [0.15, 0.2) is 5.13 Å². The highest BCUT2D eigenvalue weighted by molar-refractivity contribution is 7.99. The maximum absolute atomic E-state index is 4.37. The van der Waals surface area contributed by atoms with E-state index < -0.39 is 0 Å². The average Bonchev–Trinajstić information content (AvgIpc) is 2.63. The molecule has 1 aliphatic heterocycles. The van der Waals surface area contributed by atoms with E-state index in [2.05, 4.69) is 15.7 Å². The van der Waals surface area contributed by atoms with Crippen LogP contribution < -0.4 is 5.32 Å². The van der Waals surface area contributed by atoms with Crippen LogP contribution in [0.3, 0.4) is 0 Å². The number of nitrogens with one attached hydrogen (secondary N) is 1. The number of rotatable bonds is 2. The zero-order chi connectivity index (χ0) is 8.39. The Balaban J connectivity index is 1.94. The van der Waals surface area contributed by atoms with Crippen LogP contribution in [0, 0.1) is 6.92 Å². The van der Waals surface area contributed by atoms with Crippen molar-refractivity contribution in [1.29, 1.82) is 0 Å². The molecule has 0 amide bonds. The van der Waals surface area contributed by atoms with E-state index in [1.807, 2.05) is 18.7 Å². The molecule has 0 saturated carbocycles. The van der Waals surface area contributed by atoms with Gasteiger partial charge in [0.05, 0.1) is 5.69 Å². The highest BCUT2D eigenvalue weighted by atomic mass is 32.2. The molecule has 4 heteroatoms. The fourth-order valence-electron chi connectivity index (χ4n) is 1.24. The van der Waals surface area contributed by atoms with E-state index >= 15 is 0 Å². The number of aromatic nitrogens is 1. The monoisotopic (exact) mass is 200 g/mol. The second kappa shape index (κ2) is 3.66. The van der Waals surface area contributed by atoms with Crippen molar-refractivity contribution < 1.29 is 0 Å². The minimum Gasteiger partial charge on any atom is -0.358 e. The van der Waals surface area contributed by atoms with Gasteiger partial charge < -0.3 is 5.32 Å². The first kappa shape index (κ1) is 8.38. The summed E-state index contributed by atoms with van der Waals surface area (Å²) in [5.41, 5.74) is 1.12. The van der Waals surface area contributed by atoms with Gasteiger partial charge in [-0.05, 0) is 19.1 Å². The van der Waals surface area contributed by atoms with Crippen LogP contribution in [0.2, 0.25) is 0 Å². The predicted octanol–water partition coefficient (Wildman–Crippen LogP) is 2.37. The van der Waals surface area contributed by atoms with Crippen LogP contribution in [0.25, 0.3) is 0 Å². The van der Waals surface area contributed by atoms with Gasteiger partial charge in [-0.15, -0.1) is 11.3 Å². The van der Waals surface area contributed by atoms with Crippen molar-refractivity contribution in [1.82, 2.24) is 4.98 Å². The van der Waals surface area contributed by atoms with Crippen molar-refractivity contribution in [3.63, 3.8) is 0 Å². The van der Waals surface area contributed by atoms with E-state index in [1.165, 1.54) is 17.9 Å². The van der Waals surface area contributed by atoms with Crippen LogP contribution in [0.4, 0.5) is 5.13 Å². The Labute approximate surface area is 80.8 Å². The molecule has 1 fully saturated rings. The number of nitrogens with zero attached hydrogens (tertiary/aromatic N) is 1. The molecule has 1 aromatic rings. The number of aryl methyl sites for hydroxylation is 1. The maximum atomic E-state index is 4.37. The molecule has 2 rings (SSSR count). The predicted molar refractivity (Wildman–Crippen MR) is 56.2 cm³/mol. The fraction of sp³-hybridized carbons (Fsp3) is 0.625. The van der Waals surface area contributed by atoms with Gasteiger partial charge in [-0.25, -0.2) is 4.98 Å². The first-order valence-corrected chi connectivity index (χ1v) is 6.14. The van der Waals surface area contributed by atoms with E-state index in [9.17, 15) is 0 Å². The standard InChI is InChI=1S/C8H12N2S2/c1-6-4-12-8(9-6)10-7-2-3-11-5-7/h4,7H,2-3,5H2,1H3,(H,9,10). The Morgan fingerprint density at radius 1 is 1.67 bits per heavy atom. The van der Waals surface area contributed by atoms with Crippen molar-refractivity contribution in [3.05, 3.63) is 11.1 Å². The van der Waals surface area contributed by atoms with E-state index in [4.69, 9.17) is 0 Å². The minimum absolute atomic E-state index is 0.653. The third-order valence-corrected chi connectivity index (χ3v) is 3.93. The summed E-state index contributed by atoms with van der Waals surface area (Å²) >= 11 is 3.73. The van der Waals surface area contributed by atoms with Gasteiger partial charge in [0, 0.05) is 17.2 Å². The summed E-state index contributed by atoms with van der Waals surface area (Å²) in [5.74, 6) is 2.53. The molecule has 1 N–H and O–H groups in total. The maximum Gasteiger partial charge on any atom is 0.183 e. The first-order chi connectivity index (χ1) is 5.84. The van der Waals surface area contributed by atoms with Gasteiger partial charge in [-0.1, -0.05) is 0 Å². The molecule has 2 heterocycles. The topological polar surface area (TPSA) is 24.9 Å². The van der Waals surface area contributed by atoms with E-state index in [0.29, 0.717) is 6.04 Å². The Bertz CT molecular complexity index is 253. The molecule has 1 unspecified atom stereocenters. The number of thiazole rings is 1. The van der Waals surface area contributed by atoms with Crippen LogP contribution in [0.5, 0.6) is 0 Å². The Kier molecular flexibility index (Phi) is 2.56. The Morgan fingerprint density at radius 2 is 2.58 bits per heavy atom. The van der Waals surface area contributed by atoms with Crippen LogP contribution in [-0.4, -0.2) is 22.5 Å². The van der Waals surface area contributed by atoms with E-state index in [1.54, 1.807) is 11.3 Å². The van der Waals surface area contributed by atoms with Crippen LogP contribution in [0.1, 0.15) is 12.1 Å². The lowest BCUT2D eigenvalue weighted by molar-refractivity contribution is 0.810. The summed E-state index contributed by atoms with van der Waals surface area (Å²) in [5, 5.41) is 6.62. The molecule has 0 aliphatic carbocycles. The normalized spacial score (nSPS) is 22.9. The summed E-state index contributed by atoms with van der Waals surface area (Å²) < 4.78 is 0. The summed E-state index contributed by atoms with van der Waals surface area (Å²) in [6.07, 6.45) is 1.28. The lowest BCUT2D eigenvalue weighted by Crippen LogP contribution is -2.17. The summed E-state index contributed by atoms with van der Waals surface area (Å²) in [6, 6.07) is 0.653. The van der Waals surface area contributed by atoms with Crippen molar-refractivity contribution in [2.45, 2.75) is 19.4 Å². The second-order valence-corrected chi connectivity index (χ2v) is 5.01. The quantitative estimate of drug-likeness (QED) is 0.793. The van der Waals surface area contributed by atoms with Crippen LogP contribution in [0.15, 0.2) is 5.38 Å². The minimum atomic E-state index is 0.653. The molecular weight excluding hydrogens is 188 g/mol. The molecule has 1 atom stereocenters. The van der Waals surface area contributed by atoms with Crippen molar-refractivity contribution in [2.24, 2.45) is 0 Å². The molecule has 66 valence electrons. The molecular formula is C8H12N2S2. The van der Waals surface area contributed by atoms with Gasteiger partial charge in [-0.2, -0.15) is 11.8 Å². The fourth-order valence-corrected chi connectivity index (χ4v) is 3.16. The summed E-state index contributed by atoms with van der Waals surface area (Å²) in [7, 11) is 0. The molecule has 0 radical (unpaired) electrons. The number of hydrogen-bond donors (Lipinski definition) is 1. The number of anilines is 1. The zero-order valence-corrected chi connectivity index (χ0v) is 8.67. The van der Waals surface area contributed by atoms with Crippen molar-refractivity contribution in [3.8, 4) is 0 Å². The van der Waals surface area contributed by atoms with Gasteiger partial charge in [0.25, 0.3) is 0 Å². The molecule has 1 aliphatic rings. The molecule has 12 heavy (non-hydrogen) atoms. The van der Waals surface area contributed by atoms with Crippen LogP contribution >= 0.6 is 23.1 Å². The summed E-state index contributed by atoms with van der Waals surface area (Å²) in [4.78, 5) is 4.37. The highest BCUT2D eigenvalue weighted by Gasteiger charge is 2.15. The third-order valence-electron chi connectivity index (χ3n) is 1.88. The van der Waals surface area contributed by atoms with Crippen molar-refractivity contribution in [2.75, 3.05) is 16.8 Å². The third kappa shape index (κ3) is 1.93. The second-order valence-electron chi connectivity index (χ2n) is 3.00. The Morgan fingerprint density at radius 3 is 3.17 bits per heavy atom. The van der Waals surface area contributed by atoms with Gasteiger partial charge in [-0.3, -0.25) is 0 Å². The smallest absolute Gasteiger partial charge is 0.183 e. The average molecular weight is 200 g/mol. The largest absolute Gasteiger partial charge is 0.358 e. The molecule has 2 nitrogen and oxygen atoms in total. The number of thioether (sulfide) groups is 1. The molecule has 0 bridgehead atoms. The molecule has 0 spiro atoms. The van der Waals surface area contributed by atoms with Crippen LogP contribution in [-0.2, 0) is 0 Å². The van der Waals surface area contributed by atoms with Gasteiger partial charge in [0.1, 0.15) is 0 Å².